The van der Waals surface area contributed by atoms with Gasteiger partial charge in [-0.15, -0.1) is 10.2 Å². The lowest BCUT2D eigenvalue weighted by molar-refractivity contribution is 0.172. The third-order valence-corrected chi connectivity index (χ3v) is 3.35. The highest BCUT2D eigenvalue weighted by atomic mass is 35.5. The van der Waals surface area contributed by atoms with Crippen LogP contribution in [0.2, 0.25) is 5.15 Å². The average molecular weight is 289 g/mol. The summed E-state index contributed by atoms with van der Waals surface area (Å²) in [5.41, 5.74) is 1.38. The van der Waals surface area contributed by atoms with Crippen molar-refractivity contribution in [3.05, 3.63) is 35.7 Å². The van der Waals surface area contributed by atoms with Crippen molar-refractivity contribution >= 4 is 17.2 Å². The zero-order chi connectivity index (χ0) is 13.5. The van der Waals surface area contributed by atoms with Crippen molar-refractivity contribution in [2.24, 2.45) is 0 Å². The molecule has 3 heterocycles. The number of fused-ring (bicyclic) bond motifs is 2. The highest BCUT2D eigenvalue weighted by Crippen LogP contribution is 2.39. The van der Waals surface area contributed by atoms with E-state index in [-0.39, 0.29) is 0 Å². The smallest absolute Gasteiger partial charge is 0.180 e. The molecular formula is C13H9ClN4O2. The molecule has 0 unspecified atom stereocenters. The number of hydrogen-bond acceptors (Lipinski definition) is 5. The van der Waals surface area contributed by atoms with Gasteiger partial charge >= 0.3 is 0 Å². The number of halogens is 1. The Labute approximate surface area is 118 Å². The monoisotopic (exact) mass is 288 g/mol. The van der Waals surface area contributed by atoms with E-state index in [2.05, 4.69) is 15.2 Å². The summed E-state index contributed by atoms with van der Waals surface area (Å²) < 4.78 is 13.0. The fraction of sp³-hybridized carbons (Fsp3) is 0.154. The molecule has 0 atom stereocenters. The number of rotatable bonds is 1. The van der Waals surface area contributed by atoms with Crippen molar-refractivity contribution in [1.82, 2.24) is 19.6 Å². The van der Waals surface area contributed by atoms with Gasteiger partial charge in [0.15, 0.2) is 23.0 Å². The molecule has 3 aromatic rings. The normalized spacial score (nSPS) is 13.7. The molecule has 7 heteroatoms. The molecule has 0 radical (unpaired) electrons. The number of benzene rings is 1. The molecule has 0 bridgehead atoms. The summed E-state index contributed by atoms with van der Waals surface area (Å²) in [7, 11) is 0. The van der Waals surface area contributed by atoms with Crippen LogP contribution in [-0.4, -0.2) is 32.8 Å². The first-order valence-electron chi connectivity index (χ1n) is 6.08. The maximum Gasteiger partial charge on any atom is 0.180 e. The largest absolute Gasteiger partial charge is 0.486 e. The van der Waals surface area contributed by atoms with Gasteiger partial charge in [-0.1, -0.05) is 17.7 Å². The van der Waals surface area contributed by atoms with Crippen molar-refractivity contribution in [1.29, 1.82) is 0 Å². The van der Waals surface area contributed by atoms with Crippen LogP contribution < -0.4 is 9.47 Å². The van der Waals surface area contributed by atoms with Crippen LogP contribution in [0.25, 0.3) is 17.0 Å². The summed E-state index contributed by atoms with van der Waals surface area (Å²) in [5, 5.41) is 8.70. The van der Waals surface area contributed by atoms with Crippen LogP contribution >= 0.6 is 11.6 Å². The molecule has 20 heavy (non-hydrogen) atoms. The zero-order valence-corrected chi connectivity index (χ0v) is 11.0. The Kier molecular flexibility index (Phi) is 2.50. The molecule has 0 fully saturated rings. The maximum absolute atomic E-state index is 6.19. The number of hydrogen-bond donors (Lipinski definition) is 0. The maximum atomic E-state index is 6.19. The quantitative estimate of drug-likeness (QED) is 0.687. The lowest BCUT2D eigenvalue weighted by atomic mass is 10.1. The van der Waals surface area contributed by atoms with Gasteiger partial charge in [-0.2, -0.15) is 0 Å². The average Bonchev–Trinajstić information content (AvgIpc) is 2.92. The third kappa shape index (κ3) is 1.61. The molecule has 0 N–H and O–H groups in total. The summed E-state index contributed by atoms with van der Waals surface area (Å²) >= 11 is 6.19. The van der Waals surface area contributed by atoms with Crippen LogP contribution in [0.1, 0.15) is 0 Å². The van der Waals surface area contributed by atoms with Gasteiger partial charge in [0.05, 0.1) is 18.0 Å². The van der Waals surface area contributed by atoms with Gasteiger partial charge < -0.3 is 9.47 Å². The summed E-state index contributed by atoms with van der Waals surface area (Å²) in [5.74, 6) is 1.98. The third-order valence-electron chi connectivity index (χ3n) is 3.08. The van der Waals surface area contributed by atoms with Gasteiger partial charge in [0.2, 0.25) is 0 Å². The molecule has 0 saturated heterocycles. The molecule has 0 saturated carbocycles. The van der Waals surface area contributed by atoms with E-state index in [1.807, 2.05) is 18.2 Å². The lowest BCUT2D eigenvalue weighted by Crippen LogP contribution is -2.16. The lowest BCUT2D eigenvalue weighted by Gasteiger charge is -2.20. The van der Waals surface area contributed by atoms with E-state index >= 15 is 0 Å². The summed E-state index contributed by atoms with van der Waals surface area (Å²) in [4.78, 5) is 4.00. The summed E-state index contributed by atoms with van der Waals surface area (Å²) in [6, 6.07) is 5.66. The predicted octanol–water partition coefficient (Wildman–Crippen LogP) is 2.22. The van der Waals surface area contributed by atoms with Crippen molar-refractivity contribution in [2.45, 2.75) is 0 Å². The first-order valence-corrected chi connectivity index (χ1v) is 6.46. The Bertz CT molecular complexity index is 802. The van der Waals surface area contributed by atoms with Gasteiger partial charge in [-0.25, -0.2) is 0 Å². The molecule has 2 aromatic heterocycles. The Balaban J connectivity index is 2.00. The van der Waals surface area contributed by atoms with Gasteiger partial charge in [0, 0.05) is 0 Å². The van der Waals surface area contributed by atoms with Crippen LogP contribution in [0.3, 0.4) is 0 Å². The fourth-order valence-corrected chi connectivity index (χ4v) is 2.46. The topological polar surface area (TPSA) is 61.5 Å². The van der Waals surface area contributed by atoms with Crippen LogP contribution in [0.4, 0.5) is 0 Å². The number of ether oxygens (including phenoxy) is 2. The van der Waals surface area contributed by atoms with Crippen LogP contribution in [0, 0.1) is 0 Å². The zero-order valence-electron chi connectivity index (χ0n) is 10.3. The minimum atomic E-state index is 0.442. The Morgan fingerprint density at radius 2 is 2.00 bits per heavy atom. The molecule has 1 aromatic carbocycles. The van der Waals surface area contributed by atoms with Gasteiger partial charge in [-0.3, -0.25) is 9.38 Å². The van der Waals surface area contributed by atoms with E-state index in [1.54, 1.807) is 16.8 Å². The molecule has 6 nitrogen and oxygen atoms in total. The number of nitrogens with zero attached hydrogens (tertiary/aromatic N) is 4. The second-order valence-electron chi connectivity index (χ2n) is 4.28. The molecule has 4 rings (SSSR count). The van der Waals surface area contributed by atoms with Crippen LogP contribution in [-0.2, 0) is 0 Å². The first-order chi connectivity index (χ1) is 9.84. The van der Waals surface area contributed by atoms with Crippen molar-refractivity contribution in [3.8, 4) is 22.9 Å². The molecular weight excluding hydrogens is 280 g/mol. The van der Waals surface area contributed by atoms with Crippen molar-refractivity contribution in [2.75, 3.05) is 13.2 Å². The van der Waals surface area contributed by atoms with Gasteiger partial charge in [-0.05, 0) is 12.1 Å². The molecule has 0 spiro atoms. The van der Waals surface area contributed by atoms with Gasteiger partial charge in [0.25, 0.3) is 0 Å². The van der Waals surface area contributed by atoms with E-state index in [0.29, 0.717) is 41.3 Å². The highest BCUT2D eigenvalue weighted by Gasteiger charge is 2.21. The number of aromatic nitrogens is 4. The molecule has 100 valence electrons. The fourth-order valence-electron chi connectivity index (χ4n) is 2.24. The van der Waals surface area contributed by atoms with E-state index in [9.17, 15) is 0 Å². The van der Waals surface area contributed by atoms with Crippen LogP contribution in [0.15, 0.2) is 30.6 Å². The predicted molar refractivity (Wildman–Crippen MR) is 72.2 cm³/mol. The molecule has 1 aliphatic heterocycles. The van der Waals surface area contributed by atoms with Crippen LogP contribution in [0.5, 0.6) is 11.5 Å². The molecule has 0 aliphatic carbocycles. The first kappa shape index (κ1) is 11.5. The summed E-state index contributed by atoms with van der Waals surface area (Å²) in [6.07, 6.45) is 3.16. The standard InChI is InChI=1S/C13H9ClN4O2/c14-10-6-15-7-11-16-17-13(18(10)11)8-2-1-3-9-12(8)20-5-4-19-9/h1-3,6-7H,4-5H2. The molecule has 1 aliphatic rings. The second-order valence-corrected chi connectivity index (χ2v) is 4.66. The second kappa shape index (κ2) is 4.35. The van der Waals surface area contributed by atoms with E-state index in [1.165, 1.54) is 0 Å². The highest BCUT2D eigenvalue weighted by molar-refractivity contribution is 6.29. The van der Waals surface area contributed by atoms with Crippen molar-refractivity contribution < 1.29 is 9.47 Å². The van der Waals surface area contributed by atoms with Crippen molar-refractivity contribution in [3.63, 3.8) is 0 Å². The van der Waals surface area contributed by atoms with E-state index < -0.39 is 0 Å². The minimum Gasteiger partial charge on any atom is -0.486 e. The SMILES string of the molecule is Clc1cncc2nnc(-c3cccc4c3OCCO4)n12. The Morgan fingerprint density at radius 1 is 1.10 bits per heavy atom. The Hall–Kier alpha value is -2.34. The Morgan fingerprint density at radius 3 is 2.95 bits per heavy atom. The molecule has 0 amide bonds. The minimum absolute atomic E-state index is 0.442. The van der Waals surface area contributed by atoms with E-state index in [0.717, 1.165) is 5.56 Å². The summed E-state index contributed by atoms with van der Waals surface area (Å²) in [6.45, 7) is 1.05. The number of para-hydroxylation sites is 1. The van der Waals surface area contributed by atoms with Gasteiger partial charge in [0.1, 0.15) is 18.4 Å². The van der Waals surface area contributed by atoms with E-state index in [4.69, 9.17) is 21.1 Å².